The van der Waals surface area contributed by atoms with Gasteiger partial charge >= 0.3 is 0 Å². The Morgan fingerprint density at radius 1 is 1.26 bits per heavy atom. The highest BCUT2D eigenvalue weighted by atomic mass is 16.5. The van der Waals surface area contributed by atoms with Gasteiger partial charge in [-0.15, -0.1) is 0 Å². The van der Waals surface area contributed by atoms with E-state index < -0.39 is 0 Å². The number of ether oxygens (including phenoxy) is 1. The third-order valence-electron chi connectivity index (χ3n) is 4.00. The maximum absolute atomic E-state index is 5.51. The fourth-order valence-corrected chi connectivity index (χ4v) is 2.87. The minimum absolute atomic E-state index is 0.341. The van der Waals surface area contributed by atoms with Crippen molar-refractivity contribution in [2.75, 3.05) is 33.8 Å². The van der Waals surface area contributed by atoms with Crippen LogP contribution in [0.3, 0.4) is 0 Å². The highest BCUT2D eigenvalue weighted by Crippen LogP contribution is 2.27. The summed E-state index contributed by atoms with van der Waals surface area (Å²) in [7, 11) is 3.79. The summed E-state index contributed by atoms with van der Waals surface area (Å²) in [5.74, 6) is 0.988. The number of likely N-dealkylation sites (N-methyl/N-ethyl adjacent to an activating group) is 1. The molecule has 1 saturated heterocycles. The zero-order valence-corrected chi connectivity index (χ0v) is 12.4. The highest BCUT2D eigenvalue weighted by molar-refractivity contribution is 5.39. The number of piperidine rings is 1. The molecule has 1 heterocycles. The largest absolute Gasteiger partial charge is 0.496 e. The number of nitrogens with one attached hydrogen (secondary N) is 1. The van der Waals surface area contributed by atoms with Crippen LogP contribution in [0.5, 0.6) is 5.75 Å². The van der Waals surface area contributed by atoms with Crippen LogP contribution in [-0.4, -0.2) is 38.7 Å². The van der Waals surface area contributed by atoms with E-state index >= 15 is 0 Å². The molecular weight excluding hydrogens is 236 g/mol. The fourth-order valence-electron chi connectivity index (χ4n) is 2.87. The van der Waals surface area contributed by atoms with E-state index in [1.54, 1.807) is 7.11 Å². The number of hydrogen-bond donors (Lipinski definition) is 1. The summed E-state index contributed by atoms with van der Waals surface area (Å²) in [6, 6.07) is 6.76. The number of methoxy groups -OCH3 is 1. The monoisotopic (exact) mass is 262 g/mol. The van der Waals surface area contributed by atoms with Gasteiger partial charge in [-0.05, 0) is 46.0 Å². The second-order valence-corrected chi connectivity index (χ2v) is 5.45. The molecule has 1 atom stereocenters. The van der Waals surface area contributed by atoms with Crippen molar-refractivity contribution >= 4 is 0 Å². The van der Waals surface area contributed by atoms with E-state index in [2.05, 4.69) is 35.3 Å². The minimum Gasteiger partial charge on any atom is -0.496 e. The summed E-state index contributed by atoms with van der Waals surface area (Å²) in [4.78, 5) is 2.56. The summed E-state index contributed by atoms with van der Waals surface area (Å²) >= 11 is 0. The van der Waals surface area contributed by atoms with Crippen LogP contribution in [0.25, 0.3) is 0 Å². The van der Waals surface area contributed by atoms with Gasteiger partial charge in [-0.25, -0.2) is 0 Å². The summed E-state index contributed by atoms with van der Waals surface area (Å²) < 4.78 is 5.51. The lowest BCUT2D eigenvalue weighted by atomic mass is 10.0. The average Bonchev–Trinajstić information content (AvgIpc) is 2.46. The number of nitrogens with zero attached hydrogens (tertiary/aromatic N) is 1. The molecule has 19 heavy (non-hydrogen) atoms. The van der Waals surface area contributed by atoms with Crippen LogP contribution in [0.2, 0.25) is 0 Å². The Morgan fingerprint density at radius 2 is 2.00 bits per heavy atom. The van der Waals surface area contributed by atoms with Gasteiger partial charge < -0.3 is 15.0 Å². The lowest BCUT2D eigenvalue weighted by molar-refractivity contribution is 0.207. The van der Waals surface area contributed by atoms with Crippen molar-refractivity contribution in [1.82, 2.24) is 10.2 Å². The quantitative estimate of drug-likeness (QED) is 0.883. The number of hydrogen-bond acceptors (Lipinski definition) is 3. The molecule has 1 aliphatic rings. The molecule has 0 aromatic heterocycles. The van der Waals surface area contributed by atoms with Gasteiger partial charge in [-0.1, -0.05) is 24.1 Å². The lowest BCUT2D eigenvalue weighted by Gasteiger charge is -2.31. The van der Waals surface area contributed by atoms with E-state index in [4.69, 9.17) is 4.74 Å². The van der Waals surface area contributed by atoms with E-state index in [1.807, 2.05) is 7.05 Å². The van der Waals surface area contributed by atoms with Crippen molar-refractivity contribution < 1.29 is 4.74 Å². The van der Waals surface area contributed by atoms with Gasteiger partial charge in [0.05, 0.1) is 7.11 Å². The molecule has 1 unspecified atom stereocenters. The predicted octanol–water partition coefficient (Wildman–Crippen LogP) is 2.75. The van der Waals surface area contributed by atoms with Gasteiger partial charge in [0, 0.05) is 18.2 Å². The second-order valence-electron chi connectivity index (χ2n) is 5.45. The molecule has 1 N–H and O–H groups in total. The van der Waals surface area contributed by atoms with Crippen LogP contribution >= 0.6 is 0 Å². The number of rotatable bonds is 5. The van der Waals surface area contributed by atoms with Gasteiger partial charge in [-0.2, -0.15) is 0 Å². The first-order valence-electron chi connectivity index (χ1n) is 7.28. The zero-order valence-electron chi connectivity index (χ0n) is 12.4. The molecule has 0 saturated carbocycles. The molecule has 106 valence electrons. The Hall–Kier alpha value is -1.06. The van der Waals surface area contributed by atoms with Gasteiger partial charge in [0.1, 0.15) is 5.75 Å². The van der Waals surface area contributed by atoms with Crippen LogP contribution in [-0.2, 0) is 0 Å². The first-order chi connectivity index (χ1) is 9.24. The summed E-state index contributed by atoms with van der Waals surface area (Å²) in [6.07, 6.45) is 4.05. The van der Waals surface area contributed by atoms with E-state index in [0.717, 1.165) is 12.3 Å². The van der Waals surface area contributed by atoms with Gasteiger partial charge in [0.25, 0.3) is 0 Å². The molecule has 0 aliphatic carbocycles. The van der Waals surface area contributed by atoms with Crippen LogP contribution in [0.4, 0.5) is 0 Å². The Morgan fingerprint density at radius 3 is 2.63 bits per heavy atom. The molecule has 0 spiro atoms. The van der Waals surface area contributed by atoms with E-state index in [-0.39, 0.29) is 0 Å². The van der Waals surface area contributed by atoms with Crippen LogP contribution in [0.15, 0.2) is 18.2 Å². The van der Waals surface area contributed by atoms with Crippen LogP contribution < -0.4 is 10.1 Å². The predicted molar refractivity (Wildman–Crippen MR) is 79.8 cm³/mol. The van der Waals surface area contributed by atoms with Gasteiger partial charge in [0.2, 0.25) is 0 Å². The molecule has 1 aromatic rings. The van der Waals surface area contributed by atoms with Crippen LogP contribution in [0.1, 0.15) is 36.4 Å². The topological polar surface area (TPSA) is 24.5 Å². The molecular formula is C16H26N2O. The maximum atomic E-state index is 5.51. The summed E-state index contributed by atoms with van der Waals surface area (Å²) in [5.41, 5.74) is 2.56. The first-order valence-corrected chi connectivity index (χ1v) is 7.28. The van der Waals surface area contributed by atoms with Crippen molar-refractivity contribution in [2.24, 2.45) is 0 Å². The Kier molecular flexibility index (Phi) is 5.23. The van der Waals surface area contributed by atoms with E-state index in [1.165, 1.54) is 43.5 Å². The van der Waals surface area contributed by atoms with Crippen molar-refractivity contribution in [3.8, 4) is 5.75 Å². The number of likely N-dealkylation sites (tertiary alicyclic amines) is 1. The third-order valence-corrected chi connectivity index (χ3v) is 4.00. The van der Waals surface area contributed by atoms with Gasteiger partial charge in [0.15, 0.2) is 0 Å². The molecule has 2 rings (SSSR count). The minimum atomic E-state index is 0.341. The highest BCUT2D eigenvalue weighted by Gasteiger charge is 2.19. The standard InChI is InChI=1S/C16H26N2O/c1-13-7-8-16(19-3)14(11-13)15(17-2)12-18-9-5-4-6-10-18/h7-8,11,15,17H,4-6,9-10,12H2,1-3H3. The Balaban J connectivity index is 2.13. The second kappa shape index (κ2) is 6.92. The van der Waals surface area contributed by atoms with Crippen molar-refractivity contribution in [3.05, 3.63) is 29.3 Å². The molecule has 0 radical (unpaired) electrons. The molecule has 1 aromatic carbocycles. The number of benzene rings is 1. The smallest absolute Gasteiger partial charge is 0.123 e. The third kappa shape index (κ3) is 3.71. The normalized spacial score (nSPS) is 18.3. The lowest BCUT2D eigenvalue weighted by Crippen LogP contribution is -2.37. The molecule has 3 heteroatoms. The molecule has 0 bridgehead atoms. The molecule has 0 amide bonds. The molecule has 3 nitrogen and oxygen atoms in total. The average molecular weight is 262 g/mol. The van der Waals surface area contributed by atoms with Crippen LogP contribution in [0, 0.1) is 6.92 Å². The first kappa shape index (κ1) is 14.4. The fraction of sp³-hybridized carbons (Fsp3) is 0.625. The Labute approximate surface area is 116 Å². The summed E-state index contributed by atoms with van der Waals surface area (Å²) in [6.45, 7) is 5.66. The van der Waals surface area contributed by atoms with E-state index in [0.29, 0.717) is 6.04 Å². The van der Waals surface area contributed by atoms with Crippen molar-refractivity contribution in [1.29, 1.82) is 0 Å². The van der Waals surface area contributed by atoms with E-state index in [9.17, 15) is 0 Å². The van der Waals surface area contributed by atoms with Crippen molar-refractivity contribution in [2.45, 2.75) is 32.2 Å². The summed E-state index contributed by atoms with van der Waals surface area (Å²) in [5, 5.41) is 3.45. The maximum Gasteiger partial charge on any atom is 0.123 e. The zero-order chi connectivity index (χ0) is 13.7. The molecule has 1 fully saturated rings. The Bertz CT molecular complexity index is 400. The van der Waals surface area contributed by atoms with Gasteiger partial charge in [-0.3, -0.25) is 0 Å². The molecule has 1 aliphatic heterocycles. The number of aryl methyl sites for hydroxylation is 1. The van der Waals surface area contributed by atoms with Crippen molar-refractivity contribution in [3.63, 3.8) is 0 Å². The SMILES string of the molecule is CNC(CN1CCCCC1)c1cc(C)ccc1OC.